The SMILES string of the molecule is CC(C)(C)c1csc(NC(=O)C2CC(=O)N(c3n[nH]c4ccccc34)C2)n1. The Morgan fingerprint density at radius 3 is 2.85 bits per heavy atom. The van der Waals surface area contributed by atoms with Crippen molar-refractivity contribution in [1.82, 2.24) is 15.2 Å². The zero-order chi connectivity index (χ0) is 19.2. The first-order valence-corrected chi connectivity index (χ1v) is 9.71. The lowest BCUT2D eigenvalue weighted by Gasteiger charge is -2.14. The Labute approximate surface area is 160 Å². The number of hydrogen-bond donors (Lipinski definition) is 2. The highest BCUT2D eigenvalue weighted by Crippen LogP contribution is 2.31. The van der Waals surface area contributed by atoms with Crippen LogP contribution < -0.4 is 10.2 Å². The van der Waals surface area contributed by atoms with E-state index in [1.54, 1.807) is 4.90 Å². The molecule has 4 rings (SSSR count). The first-order chi connectivity index (χ1) is 12.8. The number of thiazole rings is 1. The molecule has 1 aromatic carbocycles. The van der Waals surface area contributed by atoms with Crippen molar-refractivity contribution in [3.05, 3.63) is 35.3 Å². The number of rotatable bonds is 3. The maximum atomic E-state index is 12.6. The number of carbonyl (C=O) groups is 2. The molecule has 140 valence electrons. The van der Waals surface area contributed by atoms with Gasteiger partial charge in [0, 0.05) is 29.1 Å². The third-order valence-electron chi connectivity index (χ3n) is 4.70. The minimum Gasteiger partial charge on any atom is -0.302 e. The van der Waals surface area contributed by atoms with E-state index in [0.29, 0.717) is 17.5 Å². The van der Waals surface area contributed by atoms with E-state index in [-0.39, 0.29) is 23.7 Å². The maximum absolute atomic E-state index is 12.6. The Morgan fingerprint density at radius 1 is 1.33 bits per heavy atom. The van der Waals surface area contributed by atoms with Gasteiger partial charge < -0.3 is 5.32 Å². The molecule has 0 spiro atoms. The zero-order valence-electron chi connectivity index (χ0n) is 15.4. The molecule has 8 heteroatoms. The molecule has 1 unspecified atom stereocenters. The zero-order valence-corrected chi connectivity index (χ0v) is 16.3. The molecule has 3 aromatic rings. The second kappa shape index (κ2) is 6.45. The van der Waals surface area contributed by atoms with Gasteiger partial charge in [0.1, 0.15) is 0 Å². The Bertz CT molecular complexity index is 1020. The molecule has 3 heterocycles. The average molecular weight is 383 g/mol. The van der Waals surface area contributed by atoms with Crippen LogP contribution >= 0.6 is 11.3 Å². The van der Waals surface area contributed by atoms with Gasteiger partial charge in [0.15, 0.2) is 10.9 Å². The predicted octanol–water partition coefficient (Wildman–Crippen LogP) is 3.31. The Morgan fingerprint density at radius 2 is 2.11 bits per heavy atom. The number of carbonyl (C=O) groups excluding carboxylic acids is 2. The predicted molar refractivity (Wildman–Crippen MR) is 106 cm³/mol. The fraction of sp³-hybridized carbons (Fsp3) is 0.368. The van der Waals surface area contributed by atoms with Crippen LogP contribution in [-0.2, 0) is 15.0 Å². The molecule has 27 heavy (non-hydrogen) atoms. The highest BCUT2D eigenvalue weighted by molar-refractivity contribution is 7.13. The van der Waals surface area contributed by atoms with Crippen molar-refractivity contribution >= 4 is 45.0 Å². The van der Waals surface area contributed by atoms with E-state index in [2.05, 4.69) is 41.3 Å². The summed E-state index contributed by atoms with van der Waals surface area (Å²) >= 11 is 1.41. The molecule has 2 aromatic heterocycles. The van der Waals surface area contributed by atoms with Gasteiger partial charge in [-0.2, -0.15) is 5.10 Å². The number of aromatic nitrogens is 3. The molecule has 1 aliphatic rings. The molecule has 0 radical (unpaired) electrons. The molecule has 1 atom stereocenters. The number of nitrogens with zero attached hydrogens (tertiary/aromatic N) is 3. The van der Waals surface area contributed by atoms with Gasteiger partial charge in [-0.05, 0) is 12.1 Å². The van der Waals surface area contributed by atoms with E-state index in [9.17, 15) is 9.59 Å². The Balaban J connectivity index is 1.49. The number of nitrogens with one attached hydrogen (secondary N) is 2. The van der Waals surface area contributed by atoms with E-state index >= 15 is 0 Å². The summed E-state index contributed by atoms with van der Waals surface area (Å²) in [5, 5.41) is 13.5. The van der Waals surface area contributed by atoms with Crippen LogP contribution in [0, 0.1) is 5.92 Å². The van der Waals surface area contributed by atoms with Crippen LogP contribution in [0.5, 0.6) is 0 Å². The molecule has 7 nitrogen and oxygen atoms in total. The van der Waals surface area contributed by atoms with Crippen molar-refractivity contribution in [2.75, 3.05) is 16.8 Å². The van der Waals surface area contributed by atoms with Gasteiger partial charge in [-0.1, -0.05) is 32.9 Å². The summed E-state index contributed by atoms with van der Waals surface area (Å²) in [5.41, 5.74) is 1.74. The second-order valence-corrected chi connectivity index (χ2v) is 8.63. The molecular weight excluding hydrogens is 362 g/mol. The smallest absolute Gasteiger partial charge is 0.231 e. The van der Waals surface area contributed by atoms with Crippen LogP contribution in [-0.4, -0.2) is 33.5 Å². The van der Waals surface area contributed by atoms with Crippen LogP contribution in [0.3, 0.4) is 0 Å². The van der Waals surface area contributed by atoms with E-state index in [4.69, 9.17) is 0 Å². The number of para-hydroxylation sites is 1. The summed E-state index contributed by atoms with van der Waals surface area (Å²) in [4.78, 5) is 31.2. The van der Waals surface area contributed by atoms with Gasteiger partial charge in [-0.25, -0.2) is 4.98 Å². The number of H-pyrrole nitrogens is 1. The lowest BCUT2D eigenvalue weighted by atomic mass is 9.93. The van der Waals surface area contributed by atoms with Crippen LogP contribution in [0.15, 0.2) is 29.6 Å². The lowest BCUT2D eigenvalue weighted by Crippen LogP contribution is -2.28. The summed E-state index contributed by atoms with van der Waals surface area (Å²) < 4.78 is 0. The van der Waals surface area contributed by atoms with Crippen LogP contribution in [0.4, 0.5) is 10.9 Å². The van der Waals surface area contributed by atoms with Crippen molar-refractivity contribution in [3.63, 3.8) is 0 Å². The molecule has 0 saturated carbocycles. The quantitative estimate of drug-likeness (QED) is 0.726. The van der Waals surface area contributed by atoms with Gasteiger partial charge in [0.2, 0.25) is 11.8 Å². The highest BCUT2D eigenvalue weighted by atomic mass is 32.1. The van der Waals surface area contributed by atoms with Crippen LogP contribution in [0.1, 0.15) is 32.9 Å². The summed E-state index contributed by atoms with van der Waals surface area (Å²) in [6.07, 6.45) is 0.171. The Hall–Kier alpha value is -2.74. The van der Waals surface area contributed by atoms with Crippen molar-refractivity contribution in [1.29, 1.82) is 0 Å². The fourth-order valence-corrected chi connectivity index (χ4v) is 4.07. The molecule has 1 aliphatic heterocycles. The van der Waals surface area contributed by atoms with Gasteiger partial charge in [-0.3, -0.25) is 19.6 Å². The van der Waals surface area contributed by atoms with Gasteiger partial charge in [0.05, 0.1) is 17.1 Å². The van der Waals surface area contributed by atoms with Gasteiger partial charge >= 0.3 is 0 Å². The van der Waals surface area contributed by atoms with Gasteiger partial charge in [-0.15, -0.1) is 11.3 Å². The van der Waals surface area contributed by atoms with Crippen molar-refractivity contribution < 1.29 is 9.59 Å². The number of anilines is 2. The first-order valence-electron chi connectivity index (χ1n) is 8.83. The minimum atomic E-state index is -0.421. The fourth-order valence-electron chi connectivity index (χ4n) is 3.13. The van der Waals surface area contributed by atoms with Crippen molar-refractivity contribution in [2.24, 2.45) is 5.92 Å². The average Bonchev–Trinajstić information content (AvgIpc) is 3.32. The summed E-state index contributed by atoms with van der Waals surface area (Å²) in [5.74, 6) is -0.118. The van der Waals surface area contributed by atoms with E-state index in [1.165, 1.54) is 11.3 Å². The summed E-state index contributed by atoms with van der Waals surface area (Å²) in [7, 11) is 0. The standard InChI is InChI=1S/C19H21N5O2S/c1-19(2,3)14-10-27-18(20-14)21-17(26)11-8-15(25)24(9-11)16-12-6-4-5-7-13(12)22-23-16/h4-7,10-11H,8-9H2,1-3H3,(H,22,23)(H,20,21,26). The van der Waals surface area contributed by atoms with Crippen molar-refractivity contribution in [3.8, 4) is 0 Å². The molecule has 0 aliphatic carbocycles. The molecule has 0 bridgehead atoms. The molecule has 2 amide bonds. The molecule has 2 N–H and O–H groups in total. The van der Waals surface area contributed by atoms with E-state index in [0.717, 1.165) is 16.6 Å². The monoisotopic (exact) mass is 383 g/mol. The van der Waals surface area contributed by atoms with Crippen LogP contribution in [0.25, 0.3) is 10.9 Å². The van der Waals surface area contributed by atoms with Crippen molar-refractivity contribution in [2.45, 2.75) is 32.6 Å². The first kappa shape index (κ1) is 17.7. The maximum Gasteiger partial charge on any atom is 0.231 e. The number of amides is 2. The molecular formula is C19H21N5O2S. The number of fused-ring (bicyclic) bond motifs is 1. The van der Waals surface area contributed by atoms with Crippen LogP contribution in [0.2, 0.25) is 0 Å². The van der Waals surface area contributed by atoms with Gasteiger partial charge in [0.25, 0.3) is 0 Å². The second-order valence-electron chi connectivity index (χ2n) is 7.78. The summed E-state index contributed by atoms with van der Waals surface area (Å²) in [6, 6.07) is 7.64. The number of hydrogen-bond acceptors (Lipinski definition) is 5. The number of aromatic amines is 1. The third-order valence-corrected chi connectivity index (χ3v) is 5.46. The normalized spacial score (nSPS) is 17.7. The molecule has 1 fully saturated rings. The largest absolute Gasteiger partial charge is 0.302 e. The Kier molecular flexibility index (Phi) is 4.22. The highest BCUT2D eigenvalue weighted by Gasteiger charge is 2.37. The third kappa shape index (κ3) is 3.32. The minimum absolute atomic E-state index is 0.0688. The van der Waals surface area contributed by atoms with E-state index < -0.39 is 5.92 Å². The number of benzene rings is 1. The van der Waals surface area contributed by atoms with E-state index in [1.807, 2.05) is 29.6 Å². The topological polar surface area (TPSA) is 91.0 Å². The molecule has 1 saturated heterocycles. The lowest BCUT2D eigenvalue weighted by molar-refractivity contribution is -0.122. The summed E-state index contributed by atoms with van der Waals surface area (Å²) in [6.45, 7) is 6.55.